The number of phenols is 1. The Labute approximate surface area is 109 Å². The monoisotopic (exact) mass is 240 g/mol. The molecular weight excluding hydrogens is 220 g/mol. The summed E-state index contributed by atoms with van der Waals surface area (Å²) in [4.78, 5) is 0. The van der Waals surface area contributed by atoms with E-state index in [1.807, 2.05) is 6.07 Å². The molecule has 0 saturated heterocycles. The molecule has 2 aromatic rings. The third-order valence-corrected chi connectivity index (χ3v) is 3.23. The first-order valence-electron chi connectivity index (χ1n) is 6.28. The van der Waals surface area contributed by atoms with Crippen molar-refractivity contribution in [3.8, 4) is 16.9 Å². The molecule has 0 heterocycles. The number of hydrogen-bond donors (Lipinski definition) is 1. The molecule has 1 heteroatoms. The molecule has 0 amide bonds. The van der Waals surface area contributed by atoms with Gasteiger partial charge in [-0.2, -0.15) is 0 Å². The van der Waals surface area contributed by atoms with Crippen LogP contribution in [0.4, 0.5) is 0 Å². The standard InChI is InChI=1S/C17H20O/c1-12-5-7-13(8-6-12)15-11-14(17(2,3)4)9-10-16(15)18/h5-11,18H,1-4H3. The zero-order valence-electron chi connectivity index (χ0n) is 11.5. The number of aryl methyl sites for hydroxylation is 1. The first-order chi connectivity index (χ1) is 8.38. The minimum atomic E-state index is 0.0904. The fourth-order valence-corrected chi connectivity index (χ4v) is 1.97. The van der Waals surface area contributed by atoms with E-state index in [1.54, 1.807) is 6.07 Å². The van der Waals surface area contributed by atoms with Crippen LogP contribution >= 0.6 is 0 Å². The van der Waals surface area contributed by atoms with Gasteiger partial charge >= 0.3 is 0 Å². The molecule has 0 spiro atoms. The molecule has 0 fully saturated rings. The molecule has 18 heavy (non-hydrogen) atoms. The van der Waals surface area contributed by atoms with E-state index < -0.39 is 0 Å². The normalized spacial score (nSPS) is 11.6. The zero-order valence-corrected chi connectivity index (χ0v) is 11.5. The zero-order chi connectivity index (χ0) is 13.3. The highest BCUT2D eigenvalue weighted by atomic mass is 16.3. The quantitative estimate of drug-likeness (QED) is 0.768. The van der Waals surface area contributed by atoms with Crippen LogP contribution < -0.4 is 0 Å². The molecule has 0 aliphatic rings. The van der Waals surface area contributed by atoms with Gasteiger partial charge in [-0.05, 0) is 35.6 Å². The second-order valence-corrected chi connectivity index (χ2v) is 5.85. The van der Waals surface area contributed by atoms with Gasteiger partial charge in [-0.15, -0.1) is 0 Å². The largest absolute Gasteiger partial charge is 0.507 e. The lowest BCUT2D eigenvalue weighted by Gasteiger charge is -2.20. The van der Waals surface area contributed by atoms with E-state index >= 15 is 0 Å². The van der Waals surface area contributed by atoms with Crippen molar-refractivity contribution >= 4 is 0 Å². The van der Waals surface area contributed by atoms with Gasteiger partial charge in [0.2, 0.25) is 0 Å². The maximum absolute atomic E-state index is 10.0. The van der Waals surface area contributed by atoms with Gasteiger partial charge in [-0.3, -0.25) is 0 Å². The van der Waals surface area contributed by atoms with Crippen molar-refractivity contribution in [3.05, 3.63) is 53.6 Å². The number of aromatic hydroxyl groups is 1. The molecule has 0 aromatic heterocycles. The summed E-state index contributed by atoms with van der Waals surface area (Å²) in [5, 5.41) is 10.0. The molecule has 2 aromatic carbocycles. The molecule has 0 atom stereocenters. The van der Waals surface area contributed by atoms with Crippen molar-refractivity contribution in [2.75, 3.05) is 0 Å². The van der Waals surface area contributed by atoms with Crippen molar-refractivity contribution in [1.82, 2.24) is 0 Å². The molecule has 0 saturated carbocycles. The Morgan fingerprint density at radius 2 is 1.50 bits per heavy atom. The Kier molecular flexibility index (Phi) is 3.16. The fourth-order valence-electron chi connectivity index (χ4n) is 1.97. The van der Waals surface area contributed by atoms with Crippen LogP contribution in [0.1, 0.15) is 31.9 Å². The van der Waals surface area contributed by atoms with E-state index in [0.29, 0.717) is 5.75 Å². The summed E-state index contributed by atoms with van der Waals surface area (Å²) in [6, 6.07) is 14.1. The van der Waals surface area contributed by atoms with Crippen molar-refractivity contribution in [2.24, 2.45) is 0 Å². The minimum Gasteiger partial charge on any atom is -0.507 e. The molecule has 0 unspecified atom stereocenters. The maximum Gasteiger partial charge on any atom is 0.123 e. The van der Waals surface area contributed by atoms with Gasteiger partial charge in [0, 0.05) is 5.56 Å². The first-order valence-corrected chi connectivity index (χ1v) is 6.28. The van der Waals surface area contributed by atoms with Crippen LogP contribution in [0.3, 0.4) is 0 Å². The topological polar surface area (TPSA) is 20.2 Å². The van der Waals surface area contributed by atoms with Gasteiger partial charge in [-0.25, -0.2) is 0 Å². The number of rotatable bonds is 1. The van der Waals surface area contributed by atoms with Gasteiger partial charge in [0.15, 0.2) is 0 Å². The van der Waals surface area contributed by atoms with Crippen molar-refractivity contribution in [3.63, 3.8) is 0 Å². The Balaban J connectivity index is 2.53. The average molecular weight is 240 g/mol. The Morgan fingerprint density at radius 3 is 2.06 bits per heavy atom. The molecule has 1 N–H and O–H groups in total. The summed E-state index contributed by atoms with van der Waals surface area (Å²) >= 11 is 0. The molecule has 0 aliphatic heterocycles. The molecular formula is C17H20O. The Bertz CT molecular complexity index is 545. The lowest BCUT2D eigenvalue weighted by Crippen LogP contribution is -2.10. The molecule has 1 nitrogen and oxygen atoms in total. The highest BCUT2D eigenvalue weighted by Gasteiger charge is 2.15. The van der Waals surface area contributed by atoms with Crippen LogP contribution in [0.5, 0.6) is 5.75 Å². The van der Waals surface area contributed by atoms with Gasteiger partial charge in [-0.1, -0.05) is 56.7 Å². The van der Waals surface area contributed by atoms with Crippen LogP contribution in [0.15, 0.2) is 42.5 Å². The summed E-state index contributed by atoms with van der Waals surface area (Å²) in [7, 11) is 0. The number of hydrogen-bond acceptors (Lipinski definition) is 1. The van der Waals surface area contributed by atoms with Gasteiger partial charge in [0.25, 0.3) is 0 Å². The summed E-state index contributed by atoms with van der Waals surface area (Å²) in [5.74, 6) is 0.340. The molecule has 0 aliphatic carbocycles. The fraction of sp³-hybridized carbons (Fsp3) is 0.294. The van der Waals surface area contributed by atoms with E-state index in [4.69, 9.17) is 0 Å². The van der Waals surface area contributed by atoms with Gasteiger partial charge < -0.3 is 5.11 Å². The van der Waals surface area contributed by atoms with E-state index in [1.165, 1.54) is 11.1 Å². The average Bonchev–Trinajstić information content (AvgIpc) is 2.29. The minimum absolute atomic E-state index is 0.0904. The summed E-state index contributed by atoms with van der Waals surface area (Å²) in [6.07, 6.45) is 0. The third-order valence-electron chi connectivity index (χ3n) is 3.23. The second kappa shape index (κ2) is 4.49. The van der Waals surface area contributed by atoms with E-state index in [2.05, 4.69) is 58.0 Å². The highest BCUT2D eigenvalue weighted by molar-refractivity contribution is 5.71. The van der Waals surface area contributed by atoms with E-state index in [9.17, 15) is 5.11 Å². The van der Waals surface area contributed by atoms with Crippen LogP contribution in [-0.2, 0) is 5.41 Å². The third kappa shape index (κ3) is 2.56. The molecule has 0 bridgehead atoms. The summed E-state index contributed by atoms with van der Waals surface area (Å²) in [5.41, 5.74) is 4.51. The van der Waals surface area contributed by atoms with Crippen molar-refractivity contribution in [1.29, 1.82) is 0 Å². The maximum atomic E-state index is 10.0. The Morgan fingerprint density at radius 1 is 0.889 bits per heavy atom. The van der Waals surface area contributed by atoms with E-state index in [-0.39, 0.29) is 5.41 Å². The van der Waals surface area contributed by atoms with Crippen LogP contribution in [-0.4, -0.2) is 5.11 Å². The van der Waals surface area contributed by atoms with Crippen molar-refractivity contribution < 1.29 is 5.11 Å². The predicted octanol–water partition coefficient (Wildman–Crippen LogP) is 4.67. The lowest BCUT2D eigenvalue weighted by molar-refractivity contribution is 0.476. The van der Waals surface area contributed by atoms with Gasteiger partial charge in [0.1, 0.15) is 5.75 Å². The summed E-state index contributed by atoms with van der Waals surface area (Å²) in [6.45, 7) is 8.60. The van der Waals surface area contributed by atoms with Crippen LogP contribution in [0.2, 0.25) is 0 Å². The van der Waals surface area contributed by atoms with Crippen LogP contribution in [0, 0.1) is 6.92 Å². The van der Waals surface area contributed by atoms with E-state index in [0.717, 1.165) is 11.1 Å². The number of phenolic OH excluding ortho intramolecular Hbond substituents is 1. The molecule has 0 radical (unpaired) electrons. The van der Waals surface area contributed by atoms with Gasteiger partial charge in [0.05, 0.1) is 0 Å². The second-order valence-electron chi connectivity index (χ2n) is 5.85. The lowest BCUT2D eigenvalue weighted by atomic mass is 9.85. The predicted molar refractivity (Wildman–Crippen MR) is 77.0 cm³/mol. The molecule has 2 rings (SSSR count). The van der Waals surface area contributed by atoms with Crippen LogP contribution in [0.25, 0.3) is 11.1 Å². The first kappa shape index (κ1) is 12.7. The smallest absolute Gasteiger partial charge is 0.123 e. The SMILES string of the molecule is Cc1ccc(-c2cc(C(C)(C)C)ccc2O)cc1. The number of benzene rings is 2. The molecule has 94 valence electrons. The van der Waals surface area contributed by atoms with Crippen molar-refractivity contribution in [2.45, 2.75) is 33.1 Å². The Hall–Kier alpha value is -1.76. The summed E-state index contributed by atoms with van der Waals surface area (Å²) < 4.78 is 0. The highest BCUT2D eigenvalue weighted by Crippen LogP contribution is 2.34.